The molecule has 1 aliphatic rings. The Labute approximate surface area is 119 Å². The highest BCUT2D eigenvalue weighted by atomic mass is 32.2. The number of nitrogens with zero attached hydrogens (tertiary/aromatic N) is 1. The molecule has 0 spiro atoms. The Morgan fingerprint density at radius 1 is 1.40 bits per heavy atom. The summed E-state index contributed by atoms with van der Waals surface area (Å²) < 4.78 is 40.3. The molecule has 1 fully saturated rings. The van der Waals surface area contributed by atoms with Crippen LogP contribution in [0.2, 0.25) is 0 Å². The Morgan fingerprint density at radius 2 is 2.05 bits per heavy atom. The van der Waals surface area contributed by atoms with Crippen LogP contribution in [0.5, 0.6) is 0 Å². The Morgan fingerprint density at radius 3 is 2.65 bits per heavy atom. The van der Waals surface area contributed by atoms with Gasteiger partial charge in [0.15, 0.2) is 0 Å². The van der Waals surface area contributed by atoms with Crippen LogP contribution in [0.25, 0.3) is 0 Å². The Balaban J connectivity index is 2.00. The van der Waals surface area contributed by atoms with E-state index < -0.39 is 15.8 Å². The maximum absolute atomic E-state index is 13.7. The number of sulfonamides is 1. The summed E-state index contributed by atoms with van der Waals surface area (Å²) in [6, 6.07) is 3.60. The molecule has 0 saturated carbocycles. The van der Waals surface area contributed by atoms with Gasteiger partial charge in [0.25, 0.3) is 0 Å². The van der Waals surface area contributed by atoms with E-state index in [2.05, 4.69) is 9.62 Å². The summed E-state index contributed by atoms with van der Waals surface area (Å²) in [6.07, 6.45) is 1.90. The molecule has 5 nitrogen and oxygen atoms in total. The van der Waals surface area contributed by atoms with Crippen molar-refractivity contribution in [1.82, 2.24) is 9.62 Å². The fourth-order valence-electron chi connectivity index (χ4n) is 2.31. The zero-order chi connectivity index (χ0) is 14.8. The summed E-state index contributed by atoms with van der Waals surface area (Å²) in [6.45, 7) is 2.27. The van der Waals surface area contributed by atoms with Gasteiger partial charge < -0.3 is 10.6 Å². The number of nitrogen functional groups attached to an aromatic ring is 1. The van der Waals surface area contributed by atoms with Gasteiger partial charge in [-0.25, -0.2) is 17.5 Å². The van der Waals surface area contributed by atoms with Gasteiger partial charge in [-0.2, -0.15) is 0 Å². The molecule has 0 amide bonds. The first kappa shape index (κ1) is 15.2. The number of piperidine rings is 1. The van der Waals surface area contributed by atoms with Gasteiger partial charge in [0.1, 0.15) is 10.7 Å². The normalized spacial score (nSPS) is 18.3. The topological polar surface area (TPSA) is 75.4 Å². The quantitative estimate of drug-likeness (QED) is 0.815. The average molecular weight is 301 g/mol. The first-order chi connectivity index (χ1) is 9.38. The minimum absolute atomic E-state index is 0.205. The van der Waals surface area contributed by atoms with Crippen LogP contribution in [0.3, 0.4) is 0 Å². The van der Waals surface area contributed by atoms with Crippen LogP contribution in [0, 0.1) is 11.7 Å². The lowest BCUT2D eigenvalue weighted by Gasteiger charge is -2.28. The van der Waals surface area contributed by atoms with Gasteiger partial charge in [-0.05, 0) is 57.1 Å². The fourth-order valence-corrected chi connectivity index (χ4v) is 3.48. The van der Waals surface area contributed by atoms with Gasteiger partial charge >= 0.3 is 0 Å². The van der Waals surface area contributed by atoms with Crippen molar-refractivity contribution in [3.63, 3.8) is 0 Å². The number of halogens is 1. The lowest BCUT2D eigenvalue weighted by molar-refractivity contribution is 0.220. The van der Waals surface area contributed by atoms with Crippen molar-refractivity contribution in [2.24, 2.45) is 5.92 Å². The molecule has 112 valence electrons. The molecular formula is C13H20FN3O2S. The molecule has 0 atom stereocenters. The molecule has 0 aliphatic carbocycles. The summed E-state index contributed by atoms with van der Waals surface area (Å²) in [5.74, 6) is -0.515. The fraction of sp³-hybridized carbons (Fsp3) is 0.538. The van der Waals surface area contributed by atoms with Crippen molar-refractivity contribution in [3.8, 4) is 0 Å². The van der Waals surface area contributed by atoms with Crippen molar-refractivity contribution in [2.45, 2.75) is 17.7 Å². The second kappa shape index (κ2) is 6.07. The molecular weight excluding hydrogens is 281 g/mol. The highest BCUT2D eigenvalue weighted by molar-refractivity contribution is 7.89. The zero-order valence-electron chi connectivity index (χ0n) is 11.5. The van der Waals surface area contributed by atoms with Crippen LogP contribution in [-0.4, -0.2) is 40.0 Å². The molecule has 1 aromatic rings. The molecule has 20 heavy (non-hydrogen) atoms. The van der Waals surface area contributed by atoms with Crippen LogP contribution >= 0.6 is 0 Å². The van der Waals surface area contributed by atoms with Crippen LogP contribution in [0.1, 0.15) is 12.8 Å². The molecule has 7 heteroatoms. The Kier molecular flexibility index (Phi) is 4.62. The van der Waals surface area contributed by atoms with Gasteiger partial charge in [0, 0.05) is 12.2 Å². The lowest BCUT2D eigenvalue weighted by Crippen LogP contribution is -2.37. The SMILES string of the molecule is CN1CCC(CNS(=O)(=O)c2ccc(N)cc2F)CC1. The highest BCUT2D eigenvalue weighted by Crippen LogP contribution is 2.19. The molecule has 1 saturated heterocycles. The van der Waals surface area contributed by atoms with Crippen molar-refractivity contribution in [1.29, 1.82) is 0 Å². The molecule has 1 aliphatic heterocycles. The number of rotatable bonds is 4. The van der Waals surface area contributed by atoms with E-state index in [-0.39, 0.29) is 10.6 Å². The first-order valence-corrected chi connectivity index (χ1v) is 8.10. The van der Waals surface area contributed by atoms with Crippen molar-refractivity contribution in [3.05, 3.63) is 24.0 Å². The van der Waals surface area contributed by atoms with E-state index in [9.17, 15) is 12.8 Å². The van der Waals surface area contributed by atoms with E-state index in [4.69, 9.17) is 5.73 Å². The minimum atomic E-state index is -3.81. The van der Waals surface area contributed by atoms with E-state index in [0.29, 0.717) is 12.5 Å². The molecule has 0 radical (unpaired) electrons. The highest BCUT2D eigenvalue weighted by Gasteiger charge is 2.22. The van der Waals surface area contributed by atoms with E-state index in [1.165, 1.54) is 12.1 Å². The van der Waals surface area contributed by atoms with E-state index >= 15 is 0 Å². The summed E-state index contributed by atoms with van der Waals surface area (Å²) in [7, 11) is -1.77. The summed E-state index contributed by atoms with van der Waals surface area (Å²) in [4.78, 5) is 1.87. The van der Waals surface area contributed by atoms with Crippen molar-refractivity contribution < 1.29 is 12.8 Å². The van der Waals surface area contributed by atoms with Crippen LogP contribution in [0.4, 0.5) is 10.1 Å². The maximum Gasteiger partial charge on any atom is 0.243 e. The average Bonchev–Trinajstić information content (AvgIpc) is 2.37. The van der Waals surface area contributed by atoms with Gasteiger partial charge in [0.2, 0.25) is 10.0 Å². The standard InChI is InChI=1S/C13H20FN3O2S/c1-17-6-4-10(5-7-17)9-16-20(18,19)13-3-2-11(15)8-12(13)14/h2-3,8,10,16H,4-7,9,15H2,1H3. The third kappa shape index (κ3) is 3.68. The van der Waals surface area contributed by atoms with Crippen LogP contribution in [0.15, 0.2) is 23.1 Å². The number of anilines is 1. The summed E-state index contributed by atoms with van der Waals surface area (Å²) in [5.41, 5.74) is 5.62. The smallest absolute Gasteiger partial charge is 0.243 e. The lowest BCUT2D eigenvalue weighted by atomic mass is 9.98. The monoisotopic (exact) mass is 301 g/mol. The minimum Gasteiger partial charge on any atom is -0.399 e. The number of hydrogen-bond acceptors (Lipinski definition) is 4. The predicted molar refractivity (Wildman–Crippen MR) is 76.2 cm³/mol. The molecule has 1 heterocycles. The molecule has 0 bridgehead atoms. The van der Waals surface area contributed by atoms with Gasteiger partial charge in [-0.3, -0.25) is 0 Å². The third-order valence-electron chi connectivity index (χ3n) is 3.65. The van der Waals surface area contributed by atoms with Gasteiger partial charge in [-0.15, -0.1) is 0 Å². The summed E-state index contributed by atoms with van der Waals surface area (Å²) in [5, 5.41) is 0. The molecule has 0 aromatic heterocycles. The van der Waals surface area contributed by atoms with E-state index in [1.807, 2.05) is 7.05 Å². The number of benzene rings is 1. The van der Waals surface area contributed by atoms with Crippen molar-refractivity contribution in [2.75, 3.05) is 32.4 Å². The molecule has 1 aromatic carbocycles. The second-order valence-electron chi connectivity index (χ2n) is 5.29. The molecule has 3 N–H and O–H groups in total. The maximum atomic E-state index is 13.7. The zero-order valence-corrected chi connectivity index (χ0v) is 12.3. The number of likely N-dealkylation sites (tertiary alicyclic amines) is 1. The number of nitrogens with two attached hydrogens (primary N) is 1. The van der Waals surface area contributed by atoms with Crippen molar-refractivity contribution >= 4 is 15.7 Å². The van der Waals surface area contributed by atoms with Gasteiger partial charge in [-0.1, -0.05) is 0 Å². The number of hydrogen-bond donors (Lipinski definition) is 2. The number of nitrogens with one attached hydrogen (secondary N) is 1. The third-order valence-corrected chi connectivity index (χ3v) is 5.10. The largest absolute Gasteiger partial charge is 0.399 e. The summed E-state index contributed by atoms with van der Waals surface area (Å²) >= 11 is 0. The Bertz CT molecular complexity index is 569. The van der Waals surface area contributed by atoms with Gasteiger partial charge in [0.05, 0.1) is 0 Å². The van der Waals surface area contributed by atoms with E-state index in [1.54, 1.807) is 0 Å². The molecule has 2 rings (SSSR count). The van der Waals surface area contributed by atoms with E-state index in [0.717, 1.165) is 32.0 Å². The predicted octanol–water partition coefficient (Wildman–Crippen LogP) is 1.03. The first-order valence-electron chi connectivity index (χ1n) is 6.62. The second-order valence-corrected chi connectivity index (χ2v) is 7.02. The Hall–Kier alpha value is -1.18. The molecule has 0 unspecified atom stereocenters. The van der Waals surface area contributed by atoms with Crippen LogP contribution in [-0.2, 0) is 10.0 Å². The van der Waals surface area contributed by atoms with Crippen LogP contribution < -0.4 is 10.5 Å².